The molecule has 0 radical (unpaired) electrons. The second kappa shape index (κ2) is 10.5. The van der Waals surface area contributed by atoms with Gasteiger partial charge in [0.25, 0.3) is 5.56 Å². The average Bonchev–Trinajstić information content (AvgIpc) is 3.38. The maximum absolute atomic E-state index is 12.7. The summed E-state index contributed by atoms with van der Waals surface area (Å²) in [5, 5.41) is 3.39. The Morgan fingerprint density at radius 2 is 1.97 bits per heavy atom. The van der Waals surface area contributed by atoms with Crippen LogP contribution in [0.5, 0.6) is 0 Å². The fourth-order valence-electron chi connectivity index (χ4n) is 5.26. The Labute approximate surface area is 221 Å². The van der Waals surface area contributed by atoms with Gasteiger partial charge in [-0.05, 0) is 56.9 Å². The van der Waals surface area contributed by atoms with E-state index >= 15 is 0 Å². The number of benzene rings is 1. The molecule has 1 aromatic carbocycles. The quantitative estimate of drug-likeness (QED) is 0.397. The lowest BCUT2D eigenvalue weighted by atomic mass is 10.1. The number of rotatable bonds is 6. The number of H-pyrrole nitrogens is 1. The zero-order valence-electron chi connectivity index (χ0n) is 21.9. The Morgan fingerprint density at radius 3 is 2.76 bits per heavy atom. The largest absolute Gasteiger partial charge is 0.378 e. The van der Waals surface area contributed by atoms with Gasteiger partial charge < -0.3 is 24.7 Å². The van der Waals surface area contributed by atoms with Gasteiger partial charge in [-0.15, -0.1) is 0 Å². The summed E-state index contributed by atoms with van der Waals surface area (Å²) >= 11 is 0. The molecule has 0 bridgehead atoms. The molecule has 10 heteroatoms. The van der Waals surface area contributed by atoms with E-state index in [0.29, 0.717) is 29.3 Å². The number of aromatic amines is 1. The first-order valence-electron chi connectivity index (χ1n) is 13.3. The van der Waals surface area contributed by atoms with Crippen LogP contribution in [0.3, 0.4) is 0 Å². The van der Waals surface area contributed by atoms with Gasteiger partial charge in [-0.3, -0.25) is 9.36 Å². The number of hydrogen-bond donors (Lipinski definition) is 2. The first kappa shape index (κ1) is 24.6. The van der Waals surface area contributed by atoms with Crippen molar-refractivity contribution in [1.82, 2.24) is 24.5 Å². The zero-order valence-corrected chi connectivity index (χ0v) is 21.9. The Morgan fingerprint density at radius 1 is 1.11 bits per heavy atom. The normalized spacial score (nSPS) is 18.2. The number of fused-ring (bicyclic) bond motifs is 1. The molecule has 5 heterocycles. The molecule has 2 aliphatic heterocycles. The minimum Gasteiger partial charge on any atom is -0.378 e. The summed E-state index contributed by atoms with van der Waals surface area (Å²) in [7, 11) is 0. The van der Waals surface area contributed by atoms with Gasteiger partial charge >= 0.3 is 0 Å². The molecule has 1 atom stereocenters. The molecule has 3 aromatic heterocycles. The number of ether oxygens (including phenoxy) is 2. The van der Waals surface area contributed by atoms with Gasteiger partial charge in [0.1, 0.15) is 6.23 Å². The maximum atomic E-state index is 12.7. The molecule has 1 unspecified atom stereocenters. The molecule has 4 aromatic rings. The van der Waals surface area contributed by atoms with Crippen molar-refractivity contribution in [1.29, 1.82) is 0 Å². The molecular weight excluding hydrogens is 482 g/mol. The molecule has 10 nitrogen and oxygen atoms in total. The van der Waals surface area contributed by atoms with Crippen LogP contribution in [0.1, 0.15) is 42.3 Å². The van der Waals surface area contributed by atoms with Gasteiger partial charge in [0, 0.05) is 48.7 Å². The average molecular weight is 516 g/mol. The third-order valence-corrected chi connectivity index (χ3v) is 7.29. The summed E-state index contributed by atoms with van der Waals surface area (Å²) in [6.07, 6.45) is 4.77. The molecule has 2 fully saturated rings. The first-order valence-corrected chi connectivity index (χ1v) is 13.3. The maximum Gasteiger partial charge on any atom is 0.253 e. The van der Waals surface area contributed by atoms with Crippen LogP contribution in [-0.4, -0.2) is 57.4 Å². The van der Waals surface area contributed by atoms with Crippen molar-refractivity contribution in [2.75, 3.05) is 43.1 Å². The molecule has 0 aliphatic carbocycles. The molecule has 0 saturated carbocycles. The first-order chi connectivity index (χ1) is 18.6. The molecule has 198 valence electrons. The van der Waals surface area contributed by atoms with E-state index in [1.54, 1.807) is 6.33 Å². The third kappa shape index (κ3) is 4.89. The summed E-state index contributed by atoms with van der Waals surface area (Å²) in [5.41, 5.74) is 5.77. The fraction of sp³-hybridized carbons (Fsp3) is 0.429. The van der Waals surface area contributed by atoms with Crippen LogP contribution >= 0.6 is 0 Å². The standard InChI is InChI=1S/C28H33N7O3/c1-18-14-19(2)31-28(36)22(18)16-29-26-24-27(35(17-30-24)23-8-3-4-11-38-23)33-25(32-26)20-6-5-7-21(15-20)34-9-12-37-13-10-34/h5-7,14-15,17,23H,3-4,8-13,16H2,1-2H3,(H,31,36)(H,29,32,33). The number of aryl methyl sites for hydroxylation is 2. The minimum atomic E-state index is -0.105. The smallest absolute Gasteiger partial charge is 0.253 e. The molecule has 38 heavy (non-hydrogen) atoms. The topological polar surface area (TPSA) is 110 Å². The van der Waals surface area contributed by atoms with Gasteiger partial charge in [0.15, 0.2) is 22.8 Å². The summed E-state index contributed by atoms with van der Waals surface area (Å²) in [6.45, 7) is 8.04. The number of pyridine rings is 1. The Kier molecular flexibility index (Phi) is 6.82. The highest BCUT2D eigenvalue weighted by molar-refractivity contribution is 5.85. The molecule has 0 spiro atoms. The summed E-state index contributed by atoms with van der Waals surface area (Å²) in [6, 6.07) is 10.3. The molecule has 0 amide bonds. The molecule has 2 N–H and O–H groups in total. The van der Waals surface area contributed by atoms with E-state index in [9.17, 15) is 4.79 Å². The number of hydrogen-bond acceptors (Lipinski definition) is 8. The summed E-state index contributed by atoms with van der Waals surface area (Å²) in [4.78, 5) is 32.4. The van der Waals surface area contributed by atoms with Crippen LogP contribution in [-0.2, 0) is 16.0 Å². The number of aromatic nitrogens is 5. The highest BCUT2D eigenvalue weighted by atomic mass is 16.5. The van der Waals surface area contributed by atoms with Crippen molar-refractivity contribution in [2.45, 2.75) is 45.9 Å². The minimum absolute atomic E-state index is 0.0973. The predicted octanol–water partition coefficient (Wildman–Crippen LogP) is 3.95. The van der Waals surface area contributed by atoms with Crippen molar-refractivity contribution in [2.24, 2.45) is 0 Å². The van der Waals surface area contributed by atoms with Crippen LogP contribution < -0.4 is 15.8 Å². The van der Waals surface area contributed by atoms with E-state index in [4.69, 9.17) is 19.4 Å². The lowest BCUT2D eigenvalue weighted by Crippen LogP contribution is -2.36. The van der Waals surface area contributed by atoms with Crippen molar-refractivity contribution < 1.29 is 9.47 Å². The van der Waals surface area contributed by atoms with Crippen molar-refractivity contribution >= 4 is 22.7 Å². The van der Waals surface area contributed by atoms with Crippen molar-refractivity contribution in [3.05, 3.63) is 63.8 Å². The van der Waals surface area contributed by atoms with Crippen LogP contribution in [0.4, 0.5) is 11.5 Å². The van der Waals surface area contributed by atoms with E-state index < -0.39 is 0 Å². The van der Waals surface area contributed by atoms with Gasteiger partial charge in [-0.25, -0.2) is 15.0 Å². The Bertz CT molecular complexity index is 1500. The number of anilines is 2. The van der Waals surface area contributed by atoms with E-state index in [-0.39, 0.29) is 11.8 Å². The Balaban J connectivity index is 1.41. The van der Waals surface area contributed by atoms with E-state index in [1.807, 2.05) is 36.6 Å². The molecular formula is C28H33N7O3. The zero-order chi connectivity index (χ0) is 26.1. The van der Waals surface area contributed by atoms with Crippen molar-refractivity contribution in [3.8, 4) is 11.4 Å². The van der Waals surface area contributed by atoms with Gasteiger partial charge in [-0.1, -0.05) is 12.1 Å². The summed E-state index contributed by atoms with van der Waals surface area (Å²) in [5.74, 6) is 1.19. The fourth-order valence-corrected chi connectivity index (χ4v) is 5.26. The van der Waals surface area contributed by atoms with Crippen LogP contribution in [0.2, 0.25) is 0 Å². The summed E-state index contributed by atoms with van der Waals surface area (Å²) < 4.78 is 13.6. The lowest BCUT2D eigenvalue weighted by molar-refractivity contribution is -0.0298. The predicted molar refractivity (Wildman–Crippen MR) is 146 cm³/mol. The van der Waals surface area contributed by atoms with Gasteiger partial charge in [0.05, 0.1) is 19.5 Å². The number of morpholine rings is 1. The number of nitrogens with one attached hydrogen (secondary N) is 2. The van der Waals surface area contributed by atoms with Crippen molar-refractivity contribution in [3.63, 3.8) is 0 Å². The third-order valence-electron chi connectivity index (χ3n) is 7.29. The monoisotopic (exact) mass is 515 g/mol. The van der Waals surface area contributed by atoms with E-state index in [0.717, 1.165) is 80.3 Å². The van der Waals surface area contributed by atoms with E-state index in [2.05, 4.69) is 32.3 Å². The van der Waals surface area contributed by atoms with Gasteiger partial charge in [-0.2, -0.15) is 0 Å². The highest BCUT2D eigenvalue weighted by Crippen LogP contribution is 2.31. The lowest BCUT2D eigenvalue weighted by Gasteiger charge is -2.29. The molecule has 2 saturated heterocycles. The number of nitrogens with zero attached hydrogens (tertiary/aromatic N) is 5. The SMILES string of the molecule is Cc1cc(C)c(CNc2nc(-c3cccc(N4CCOCC4)c3)nc3c2ncn3C2CCCCO2)c(=O)[nH]1. The Hall–Kier alpha value is -3.76. The highest BCUT2D eigenvalue weighted by Gasteiger charge is 2.22. The molecule has 6 rings (SSSR count). The number of imidazole rings is 1. The van der Waals surface area contributed by atoms with Gasteiger partial charge in [0.2, 0.25) is 0 Å². The molecule has 2 aliphatic rings. The van der Waals surface area contributed by atoms with Crippen LogP contribution in [0.15, 0.2) is 41.5 Å². The second-order valence-electron chi connectivity index (χ2n) is 9.99. The van der Waals surface area contributed by atoms with Crippen LogP contribution in [0.25, 0.3) is 22.6 Å². The van der Waals surface area contributed by atoms with Crippen LogP contribution in [0, 0.1) is 13.8 Å². The van der Waals surface area contributed by atoms with E-state index in [1.165, 1.54) is 0 Å². The second-order valence-corrected chi connectivity index (χ2v) is 9.99.